The zero-order chi connectivity index (χ0) is 39.6. The molecule has 3 heterocycles. The second-order valence-electron chi connectivity index (χ2n) is 15.7. The van der Waals surface area contributed by atoms with Crippen LogP contribution < -0.4 is 20.1 Å². The van der Waals surface area contributed by atoms with Gasteiger partial charge in [-0.05, 0) is 82.1 Å². The standard InChI is InChI=1S/C40H50F2N5O8P/c1-24-34(53-2)18-17-28-35(24)43-23-44-37(28)54-27-19-33-36(48)46-40(56(51,52)22-29-30(41)14-10-15-31(29)42)20-25(40)11-6-4-3-5-7-16-32(38(49)47(33)21-27)45-39(50)55-26-12-8-9-13-26/h10,14-15,17-18,23,25-27,32-33H,3-9,11-13,16,19-22H2,1-2H3,(H,45,50)(H,46,48)(H,51,52)/t25-,27?,32-,33-,40-/m0/s1. The highest BCUT2D eigenvalue weighted by Gasteiger charge is 2.66. The van der Waals surface area contributed by atoms with Crippen LogP contribution in [0.4, 0.5) is 13.6 Å². The van der Waals surface area contributed by atoms with E-state index in [0.29, 0.717) is 42.3 Å². The van der Waals surface area contributed by atoms with Gasteiger partial charge in [0.05, 0.1) is 30.7 Å². The van der Waals surface area contributed by atoms with Crippen LogP contribution in [0.25, 0.3) is 10.9 Å². The van der Waals surface area contributed by atoms with Crippen LogP contribution >= 0.6 is 7.37 Å². The van der Waals surface area contributed by atoms with Gasteiger partial charge in [-0.3, -0.25) is 14.2 Å². The molecule has 13 nitrogen and oxygen atoms in total. The van der Waals surface area contributed by atoms with Crippen molar-refractivity contribution in [2.24, 2.45) is 5.92 Å². The molecule has 7 rings (SSSR count). The van der Waals surface area contributed by atoms with Gasteiger partial charge in [-0.25, -0.2) is 23.5 Å². The van der Waals surface area contributed by atoms with Crippen molar-refractivity contribution in [2.45, 2.75) is 126 Å². The van der Waals surface area contributed by atoms with Gasteiger partial charge >= 0.3 is 6.09 Å². The number of hydrogen-bond acceptors (Lipinski definition) is 9. The molecule has 2 aliphatic heterocycles. The number of benzene rings is 2. The van der Waals surface area contributed by atoms with E-state index in [1.54, 1.807) is 19.2 Å². The number of rotatable bonds is 8. The average molecular weight is 798 g/mol. The fourth-order valence-electron chi connectivity index (χ4n) is 8.80. The first-order valence-corrected chi connectivity index (χ1v) is 21.5. The molecular formula is C40H50F2N5O8P. The van der Waals surface area contributed by atoms with Crippen molar-refractivity contribution in [1.82, 2.24) is 25.5 Å². The fourth-order valence-corrected chi connectivity index (χ4v) is 11.3. The summed E-state index contributed by atoms with van der Waals surface area (Å²) in [5.74, 6) is -2.63. The van der Waals surface area contributed by atoms with E-state index in [-0.39, 0.29) is 31.4 Å². The number of carbonyl (C=O) groups excluding carboxylic acids is 3. The molecular weight excluding hydrogens is 747 g/mol. The van der Waals surface area contributed by atoms with E-state index in [1.807, 2.05) is 6.92 Å². The van der Waals surface area contributed by atoms with Crippen molar-refractivity contribution in [3.63, 3.8) is 0 Å². The van der Waals surface area contributed by atoms with Crippen LogP contribution in [0, 0.1) is 24.5 Å². The first-order chi connectivity index (χ1) is 26.9. The minimum Gasteiger partial charge on any atom is -0.496 e. The van der Waals surface area contributed by atoms with Crippen LogP contribution in [0.3, 0.4) is 0 Å². The second kappa shape index (κ2) is 16.6. The lowest BCUT2D eigenvalue weighted by atomic mass is 10.0. The van der Waals surface area contributed by atoms with Crippen molar-refractivity contribution in [1.29, 1.82) is 0 Å². The summed E-state index contributed by atoms with van der Waals surface area (Å²) in [6.45, 7) is 1.81. The molecule has 0 bridgehead atoms. The summed E-state index contributed by atoms with van der Waals surface area (Å²) in [4.78, 5) is 64.1. The molecule has 2 aromatic carbocycles. The third-order valence-corrected chi connectivity index (χ3v) is 14.7. The van der Waals surface area contributed by atoms with Crippen molar-refractivity contribution in [3.8, 4) is 11.6 Å². The number of nitrogens with one attached hydrogen (secondary N) is 2. The predicted molar refractivity (Wildman–Crippen MR) is 202 cm³/mol. The zero-order valence-electron chi connectivity index (χ0n) is 31.8. The van der Waals surface area contributed by atoms with E-state index in [2.05, 4.69) is 20.6 Å². The highest BCUT2D eigenvalue weighted by Crippen LogP contribution is 2.71. The minimum atomic E-state index is -4.51. The number of hydrogen-bond donors (Lipinski definition) is 3. The van der Waals surface area contributed by atoms with Crippen LogP contribution in [-0.2, 0) is 25.1 Å². The Kier molecular flexibility index (Phi) is 11.8. The van der Waals surface area contributed by atoms with E-state index in [9.17, 15) is 32.6 Å². The first-order valence-electron chi connectivity index (χ1n) is 19.7. The molecule has 1 aromatic heterocycles. The van der Waals surface area contributed by atoms with Gasteiger partial charge in [0.25, 0.3) is 0 Å². The Morgan fingerprint density at radius 3 is 2.43 bits per heavy atom. The summed E-state index contributed by atoms with van der Waals surface area (Å²) in [7, 11) is -2.94. The van der Waals surface area contributed by atoms with Gasteiger partial charge in [-0.2, -0.15) is 0 Å². The highest BCUT2D eigenvalue weighted by atomic mass is 31.2. The maximum atomic E-state index is 14.8. The Morgan fingerprint density at radius 1 is 1.00 bits per heavy atom. The molecule has 302 valence electrons. The number of alkyl carbamates (subject to hydrolysis) is 1. The molecule has 0 radical (unpaired) electrons. The molecule has 0 spiro atoms. The smallest absolute Gasteiger partial charge is 0.408 e. The Hall–Kier alpha value is -4.36. The van der Waals surface area contributed by atoms with Gasteiger partial charge in [0.2, 0.25) is 25.1 Å². The van der Waals surface area contributed by atoms with E-state index in [1.165, 1.54) is 17.3 Å². The molecule has 56 heavy (non-hydrogen) atoms. The van der Waals surface area contributed by atoms with Crippen molar-refractivity contribution < 1.29 is 46.8 Å². The summed E-state index contributed by atoms with van der Waals surface area (Å²) >= 11 is 0. The molecule has 6 atom stereocenters. The number of nitrogens with zero attached hydrogens (tertiary/aromatic N) is 3. The molecule has 2 unspecified atom stereocenters. The minimum absolute atomic E-state index is 0.00410. The van der Waals surface area contributed by atoms with Crippen molar-refractivity contribution in [2.75, 3.05) is 13.7 Å². The van der Waals surface area contributed by atoms with Crippen molar-refractivity contribution in [3.05, 3.63) is 59.4 Å². The first kappa shape index (κ1) is 39.9. The normalized spacial score (nSPS) is 27.3. The Balaban J connectivity index is 1.20. The third kappa shape index (κ3) is 8.20. The molecule has 16 heteroatoms. The summed E-state index contributed by atoms with van der Waals surface area (Å²) < 4.78 is 61.5. The molecule has 4 aliphatic rings. The number of methoxy groups -OCH3 is 1. The van der Waals surface area contributed by atoms with E-state index >= 15 is 0 Å². The van der Waals surface area contributed by atoms with Gasteiger partial charge in [0.15, 0.2) is 0 Å². The second-order valence-corrected chi connectivity index (χ2v) is 18.2. The largest absolute Gasteiger partial charge is 0.496 e. The summed E-state index contributed by atoms with van der Waals surface area (Å²) in [5.41, 5.74) is 0.864. The number of carbonyl (C=O) groups is 3. The molecule has 4 fully saturated rings. The van der Waals surface area contributed by atoms with E-state index in [4.69, 9.17) is 14.2 Å². The van der Waals surface area contributed by atoms with Crippen LogP contribution in [0.15, 0.2) is 36.7 Å². The number of aromatic nitrogens is 2. The molecule has 2 aliphatic carbocycles. The van der Waals surface area contributed by atoms with Crippen LogP contribution in [0.1, 0.15) is 94.6 Å². The Morgan fingerprint density at radius 2 is 1.70 bits per heavy atom. The predicted octanol–water partition coefficient (Wildman–Crippen LogP) is 6.66. The quantitative estimate of drug-likeness (QED) is 0.210. The van der Waals surface area contributed by atoms with Crippen molar-refractivity contribution >= 4 is 36.2 Å². The number of ether oxygens (including phenoxy) is 3. The Labute approximate surface area is 324 Å². The van der Waals surface area contributed by atoms with Crippen LogP contribution in [0.2, 0.25) is 0 Å². The zero-order valence-corrected chi connectivity index (χ0v) is 32.7. The summed E-state index contributed by atoms with van der Waals surface area (Å²) in [6.07, 6.45) is 7.08. The van der Waals surface area contributed by atoms with Gasteiger partial charge in [-0.1, -0.05) is 38.2 Å². The topological polar surface area (TPSA) is 169 Å². The average Bonchev–Trinajstić information content (AvgIpc) is 3.44. The molecule has 2 saturated carbocycles. The molecule has 3 N–H and O–H groups in total. The number of fused-ring (bicyclic) bond motifs is 3. The number of amides is 3. The van der Waals surface area contributed by atoms with Gasteiger partial charge in [0.1, 0.15) is 53.3 Å². The summed E-state index contributed by atoms with van der Waals surface area (Å²) in [6, 6.07) is 4.61. The van der Waals surface area contributed by atoms with Gasteiger partial charge in [0, 0.05) is 17.5 Å². The SMILES string of the molecule is COc1ccc2c(OC3C[C@H]4C(=O)N[C@]5(P(=O)(O)Cc6c(F)cccc6F)C[C@@H]5CCCCCCC[C@H](NC(=O)OC5CCCC5)C(=O)N4C3)ncnc2c1C. The number of halogens is 2. The van der Waals surface area contributed by atoms with E-state index < -0.39 is 78.0 Å². The maximum Gasteiger partial charge on any atom is 0.408 e. The van der Waals surface area contributed by atoms with Gasteiger partial charge in [-0.15, -0.1) is 0 Å². The lowest BCUT2D eigenvalue weighted by Gasteiger charge is -2.31. The van der Waals surface area contributed by atoms with E-state index in [0.717, 1.165) is 62.6 Å². The molecule has 2 saturated heterocycles. The highest BCUT2D eigenvalue weighted by molar-refractivity contribution is 7.59. The molecule has 3 amide bonds. The Bertz CT molecular complexity index is 2000. The lowest BCUT2D eigenvalue weighted by Crippen LogP contribution is -2.55. The summed E-state index contributed by atoms with van der Waals surface area (Å²) in [5, 5.41) is 4.62. The maximum absolute atomic E-state index is 14.8. The number of aryl methyl sites for hydroxylation is 1. The fraction of sp³-hybridized carbons (Fsp3) is 0.575. The lowest BCUT2D eigenvalue weighted by molar-refractivity contribution is -0.140. The van der Waals surface area contributed by atoms with Crippen LogP contribution in [0.5, 0.6) is 11.6 Å². The monoisotopic (exact) mass is 797 g/mol. The van der Waals surface area contributed by atoms with Crippen LogP contribution in [-0.4, -0.2) is 80.9 Å². The van der Waals surface area contributed by atoms with Gasteiger partial charge < -0.3 is 34.6 Å². The molecule has 3 aromatic rings. The third-order valence-electron chi connectivity index (χ3n) is 12.0.